The second kappa shape index (κ2) is 7.28. The summed E-state index contributed by atoms with van der Waals surface area (Å²) in [7, 11) is 0. The largest absolute Gasteiger partial charge is 0.401 e. The average Bonchev–Trinajstić information content (AvgIpc) is 2.38. The number of carbonyl (C=O) groups excluding carboxylic acids is 1. The number of benzene rings is 1. The van der Waals surface area contributed by atoms with E-state index in [1.807, 2.05) is 0 Å². The molecule has 118 valence electrons. The third-order valence-corrected chi connectivity index (χ3v) is 2.92. The maximum Gasteiger partial charge on any atom is 0.401 e. The van der Waals surface area contributed by atoms with Crippen LogP contribution in [0.3, 0.4) is 0 Å². The number of alkyl halides is 3. The van der Waals surface area contributed by atoms with Gasteiger partial charge in [0, 0.05) is 6.54 Å². The lowest BCUT2D eigenvalue weighted by atomic mass is 10.2. The Balaban J connectivity index is 2.76. The standard InChI is InChI=1S/C13H18F3N3O2/c1-9(19(6-7-20)8-13(14,15)16)12(21)18-11-5-3-2-4-10(11)17/h2-5,9,20H,6-8,17H2,1H3,(H,18,21). The zero-order valence-corrected chi connectivity index (χ0v) is 11.5. The molecular weight excluding hydrogens is 287 g/mol. The minimum atomic E-state index is -4.45. The Bertz CT molecular complexity index is 480. The van der Waals surface area contributed by atoms with Crippen molar-refractivity contribution in [3.05, 3.63) is 24.3 Å². The minimum Gasteiger partial charge on any atom is -0.397 e. The van der Waals surface area contributed by atoms with E-state index in [2.05, 4.69) is 5.32 Å². The molecule has 1 amide bonds. The highest BCUT2D eigenvalue weighted by Crippen LogP contribution is 2.20. The molecule has 0 aliphatic rings. The summed E-state index contributed by atoms with van der Waals surface area (Å²) in [5.41, 5.74) is 6.32. The number of anilines is 2. The van der Waals surface area contributed by atoms with Crippen molar-refractivity contribution < 1.29 is 23.1 Å². The molecule has 0 spiro atoms. The van der Waals surface area contributed by atoms with Crippen molar-refractivity contribution in [3.63, 3.8) is 0 Å². The molecule has 0 radical (unpaired) electrons. The molecule has 0 bridgehead atoms. The van der Waals surface area contributed by atoms with Gasteiger partial charge in [-0.15, -0.1) is 0 Å². The third-order valence-electron chi connectivity index (χ3n) is 2.92. The summed E-state index contributed by atoms with van der Waals surface area (Å²) in [4.78, 5) is 12.9. The van der Waals surface area contributed by atoms with Gasteiger partial charge in [0.2, 0.25) is 5.91 Å². The molecule has 0 saturated carbocycles. The number of halogens is 3. The highest BCUT2D eigenvalue weighted by atomic mass is 19.4. The summed E-state index contributed by atoms with van der Waals surface area (Å²) >= 11 is 0. The molecule has 21 heavy (non-hydrogen) atoms. The van der Waals surface area contributed by atoms with Crippen LogP contribution in [0.1, 0.15) is 6.92 Å². The Kier molecular flexibility index (Phi) is 5.98. The second-order valence-corrected chi connectivity index (χ2v) is 4.56. The first-order chi connectivity index (χ1) is 9.74. The summed E-state index contributed by atoms with van der Waals surface area (Å²) in [6.45, 7) is -0.651. The van der Waals surface area contributed by atoms with Gasteiger partial charge in [0.1, 0.15) is 0 Å². The smallest absolute Gasteiger partial charge is 0.397 e. The zero-order valence-electron chi connectivity index (χ0n) is 11.5. The molecule has 5 nitrogen and oxygen atoms in total. The number of nitrogens with zero attached hydrogens (tertiary/aromatic N) is 1. The Morgan fingerprint density at radius 3 is 2.57 bits per heavy atom. The quantitative estimate of drug-likeness (QED) is 0.695. The van der Waals surface area contributed by atoms with Gasteiger partial charge in [0.05, 0.1) is 30.6 Å². The number of hydrogen-bond acceptors (Lipinski definition) is 4. The van der Waals surface area contributed by atoms with Gasteiger partial charge in [-0.1, -0.05) is 12.1 Å². The Morgan fingerprint density at radius 2 is 2.05 bits per heavy atom. The summed E-state index contributed by atoms with van der Waals surface area (Å²) in [6.07, 6.45) is -4.45. The van der Waals surface area contributed by atoms with E-state index in [4.69, 9.17) is 10.8 Å². The van der Waals surface area contributed by atoms with E-state index in [1.165, 1.54) is 6.92 Å². The normalized spacial score (nSPS) is 13.2. The van der Waals surface area contributed by atoms with Crippen LogP contribution in [0, 0.1) is 0 Å². The van der Waals surface area contributed by atoms with Crippen LogP contribution >= 0.6 is 0 Å². The maximum absolute atomic E-state index is 12.5. The lowest BCUT2D eigenvalue weighted by molar-refractivity contribution is -0.153. The van der Waals surface area contributed by atoms with Crippen molar-refractivity contribution >= 4 is 17.3 Å². The molecule has 0 aliphatic heterocycles. The first kappa shape index (κ1) is 17.3. The molecule has 0 saturated heterocycles. The fourth-order valence-electron chi connectivity index (χ4n) is 1.78. The lowest BCUT2D eigenvalue weighted by Gasteiger charge is -2.28. The molecule has 1 unspecified atom stereocenters. The topological polar surface area (TPSA) is 78.6 Å². The molecule has 4 N–H and O–H groups in total. The summed E-state index contributed by atoms with van der Waals surface area (Å²) in [5.74, 6) is -0.620. The van der Waals surface area contributed by atoms with Crippen LogP contribution in [0.15, 0.2) is 24.3 Å². The Morgan fingerprint density at radius 1 is 1.43 bits per heavy atom. The van der Waals surface area contributed by atoms with Crippen molar-refractivity contribution in [1.82, 2.24) is 4.90 Å². The van der Waals surface area contributed by atoms with E-state index < -0.39 is 31.3 Å². The van der Waals surface area contributed by atoms with E-state index in [-0.39, 0.29) is 6.54 Å². The predicted octanol–water partition coefficient (Wildman–Crippen LogP) is 1.45. The number of para-hydroxylation sites is 2. The van der Waals surface area contributed by atoms with Crippen molar-refractivity contribution in [1.29, 1.82) is 0 Å². The van der Waals surface area contributed by atoms with Crippen LogP contribution in [-0.2, 0) is 4.79 Å². The monoisotopic (exact) mass is 305 g/mol. The van der Waals surface area contributed by atoms with E-state index in [9.17, 15) is 18.0 Å². The maximum atomic E-state index is 12.5. The van der Waals surface area contributed by atoms with Gasteiger partial charge in [-0.25, -0.2) is 0 Å². The minimum absolute atomic E-state index is 0.252. The predicted molar refractivity (Wildman–Crippen MR) is 73.7 cm³/mol. The van der Waals surface area contributed by atoms with Crippen LogP contribution in [-0.4, -0.2) is 47.8 Å². The van der Waals surface area contributed by atoms with Gasteiger partial charge < -0.3 is 16.2 Å². The number of hydrogen-bond donors (Lipinski definition) is 3. The number of aliphatic hydroxyl groups is 1. The van der Waals surface area contributed by atoms with Gasteiger partial charge in [0.15, 0.2) is 0 Å². The fraction of sp³-hybridized carbons (Fsp3) is 0.462. The summed E-state index contributed by atoms with van der Waals surface area (Å²) in [6, 6.07) is 5.40. The molecule has 1 aromatic carbocycles. The number of nitrogens with two attached hydrogens (primary N) is 1. The van der Waals surface area contributed by atoms with E-state index in [0.717, 1.165) is 4.90 Å². The van der Waals surface area contributed by atoms with Crippen molar-refractivity contribution in [2.75, 3.05) is 30.7 Å². The molecule has 0 heterocycles. The van der Waals surface area contributed by atoms with Gasteiger partial charge in [-0.2, -0.15) is 13.2 Å². The van der Waals surface area contributed by atoms with Crippen molar-refractivity contribution in [2.24, 2.45) is 0 Å². The first-order valence-corrected chi connectivity index (χ1v) is 6.31. The Labute approximate surface area is 120 Å². The molecule has 8 heteroatoms. The van der Waals surface area contributed by atoms with E-state index >= 15 is 0 Å². The average molecular weight is 305 g/mol. The number of rotatable bonds is 6. The van der Waals surface area contributed by atoms with Gasteiger partial charge in [-0.05, 0) is 19.1 Å². The van der Waals surface area contributed by atoms with Gasteiger partial charge >= 0.3 is 6.18 Å². The summed E-state index contributed by atoms with van der Waals surface area (Å²) in [5, 5.41) is 11.3. The molecule has 1 aromatic rings. The number of aliphatic hydroxyl groups excluding tert-OH is 1. The van der Waals surface area contributed by atoms with Crippen molar-refractivity contribution in [3.8, 4) is 0 Å². The zero-order chi connectivity index (χ0) is 16.0. The molecule has 1 rings (SSSR count). The molecule has 0 aliphatic carbocycles. The molecule has 1 atom stereocenters. The summed E-state index contributed by atoms with van der Waals surface area (Å²) < 4.78 is 37.4. The van der Waals surface area contributed by atoms with E-state index in [1.54, 1.807) is 24.3 Å². The van der Waals surface area contributed by atoms with E-state index in [0.29, 0.717) is 11.4 Å². The Hall–Kier alpha value is -1.80. The number of carbonyl (C=O) groups is 1. The molecular formula is C13H18F3N3O2. The van der Waals surface area contributed by atoms with Crippen LogP contribution in [0.25, 0.3) is 0 Å². The number of amides is 1. The van der Waals surface area contributed by atoms with Gasteiger partial charge in [-0.3, -0.25) is 9.69 Å². The molecule has 0 fully saturated rings. The van der Waals surface area contributed by atoms with Crippen LogP contribution in [0.4, 0.5) is 24.5 Å². The third kappa shape index (κ3) is 5.60. The fourth-order valence-corrected chi connectivity index (χ4v) is 1.78. The molecule has 0 aromatic heterocycles. The first-order valence-electron chi connectivity index (χ1n) is 6.31. The van der Waals surface area contributed by atoms with Crippen molar-refractivity contribution in [2.45, 2.75) is 19.1 Å². The van der Waals surface area contributed by atoms with Gasteiger partial charge in [0.25, 0.3) is 0 Å². The highest BCUT2D eigenvalue weighted by Gasteiger charge is 2.34. The number of nitrogen functional groups attached to an aromatic ring is 1. The highest BCUT2D eigenvalue weighted by molar-refractivity contribution is 5.97. The lowest BCUT2D eigenvalue weighted by Crippen LogP contribution is -2.47. The van der Waals surface area contributed by atoms with Crippen LogP contribution in [0.5, 0.6) is 0 Å². The second-order valence-electron chi connectivity index (χ2n) is 4.56. The number of nitrogens with one attached hydrogen (secondary N) is 1. The van der Waals surface area contributed by atoms with Crippen LogP contribution in [0.2, 0.25) is 0 Å². The van der Waals surface area contributed by atoms with Crippen LogP contribution < -0.4 is 11.1 Å². The SMILES string of the molecule is CC(C(=O)Nc1ccccc1N)N(CCO)CC(F)(F)F.